The molecule has 0 unspecified atom stereocenters. The summed E-state index contributed by atoms with van der Waals surface area (Å²) < 4.78 is 87.4. The second-order valence-corrected chi connectivity index (χ2v) is 6.02. The fourth-order valence-electron chi connectivity index (χ4n) is 1.23. The number of ether oxygens (including phenoxy) is 1. The zero-order valence-corrected chi connectivity index (χ0v) is 11.4. The molecule has 0 saturated heterocycles. The Morgan fingerprint density at radius 3 is 2.25 bits per heavy atom. The van der Waals surface area contributed by atoms with E-state index in [1.54, 1.807) is 0 Å². The van der Waals surface area contributed by atoms with Crippen LogP contribution in [-0.4, -0.2) is 19.8 Å². The van der Waals surface area contributed by atoms with Crippen LogP contribution in [0.5, 0.6) is 5.75 Å². The lowest BCUT2D eigenvalue weighted by atomic mass is 10.2. The first-order valence-electron chi connectivity index (χ1n) is 4.54. The van der Waals surface area contributed by atoms with E-state index in [2.05, 4.69) is 9.72 Å². The summed E-state index contributed by atoms with van der Waals surface area (Å²) >= 11 is 5.27. The normalized spacial score (nSPS) is 12.8. The van der Waals surface area contributed by atoms with E-state index in [0.29, 0.717) is 0 Å². The summed E-state index contributed by atoms with van der Waals surface area (Å²) in [6.45, 7) is 0. The van der Waals surface area contributed by atoms with Crippen LogP contribution >= 0.6 is 22.3 Å². The molecule has 4 nitrogen and oxygen atoms in total. The molecule has 0 amide bonds. The largest absolute Gasteiger partial charge is 0.573 e. The Morgan fingerprint density at radius 1 is 1.35 bits per heavy atom. The predicted molar refractivity (Wildman–Crippen MR) is 58.5 cm³/mol. The first kappa shape index (κ1) is 17.2. The molecular weight excluding hydrogens is 356 g/mol. The minimum atomic E-state index is -5.30. The summed E-state index contributed by atoms with van der Waals surface area (Å²) in [4.78, 5) is 3.20. The van der Waals surface area contributed by atoms with Crippen LogP contribution in [0.2, 0.25) is 0 Å². The highest BCUT2D eigenvalue weighted by molar-refractivity contribution is 8.13. The minimum Gasteiger partial charge on any atom is -0.405 e. The maximum absolute atomic E-state index is 12.8. The van der Waals surface area contributed by atoms with Crippen LogP contribution in [0.3, 0.4) is 0 Å². The SMILES string of the molecule is O=S(=O)(Cl)c1cc(OC(F)(F)F)c(C(F)F)c(CCl)n1. The van der Waals surface area contributed by atoms with Gasteiger partial charge < -0.3 is 4.74 Å². The van der Waals surface area contributed by atoms with Crippen molar-refractivity contribution in [1.82, 2.24) is 4.98 Å². The van der Waals surface area contributed by atoms with Crippen LogP contribution < -0.4 is 4.74 Å². The Balaban J connectivity index is 3.58. The van der Waals surface area contributed by atoms with Gasteiger partial charge in [-0.2, -0.15) is 0 Å². The topological polar surface area (TPSA) is 56.3 Å². The molecule has 0 spiro atoms. The zero-order valence-electron chi connectivity index (χ0n) is 9.09. The molecular formula is C8H4Cl2F5NO3S. The number of alkyl halides is 6. The van der Waals surface area contributed by atoms with Gasteiger partial charge in [0.25, 0.3) is 15.5 Å². The van der Waals surface area contributed by atoms with Gasteiger partial charge >= 0.3 is 6.36 Å². The van der Waals surface area contributed by atoms with Crippen molar-refractivity contribution in [2.45, 2.75) is 23.7 Å². The number of rotatable bonds is 4. The van der Waals surface area contributed by atoms with Crippen molar-refractivity contribution in [1.29, 1.82) is 0 Å². The maximum Gasteiger partial charge on any atom is 0.573 e. The number of hydrogen-bond donors (Lipinski definition) is 0. The van der Waals surface area contributed by atoms with Crippen molar-refractivity contribution < 1.29 is 35.1 Å². The Labute approximate surface area is 118 Å². The highest BCUT2D eigenvalue weighted by Crippen LogP contribution is 2.37. The Kier molecular flexibility index (Phi) is 5.03. The molecule has 0 aliphatic rings. The molecule has 1 aromatic heterocycles. The number of aromatic nitrogens is 1. The molecule has 0 saturated carbocycles. The van der Waals surface area contributed by atoms with Crippen molar-refractivity contribution in [3.8, 4) is 5.75 Å². The second kappa shape index (κ2) is 5.86. The van der Waals surface area contributed by atoms with Crippen molar-refractivity contribution in [3.05, 3.63) is 17.3 Å². The van der Waals surface area contributed by atoms with Crippen LogP contribution in [0.4, 0.5) is 22.0 Å². The second-order valence-electron chi connectivity index (χ2n) is 3.24. The minimum absolute atomic E-state index is 0.160. The van der Waals surface area contributed by atoms with E-state index in [1.807, 2.05) is 0 Å². The van der Waals surface area contributed by atoms with Gasteiger partial charge in [-0.1, -0.05) is 0 Å². The van der Waals surface area contributed by atoms with Gasteiger partial charge in [-0.05, 0) is 0 Å². The highest BCUT2D eigenvalue weighted by Gasteiger charge is 2.35. The smallest absolute Gasteiger partial charge is 0.405 e. The van der Waals surface area contributed by atoms with E-state index in [0.717, 1.165) is 0 Å². The molecule has 1 aromatic rings. The molecule has 12 heteroatoms. The summed E-state index contributed by atoms with van der Waals surface area (Å²) in [5, 5.41) is -1.07. The van der Waals surface area contributed by atoms with Crippen LogP contribution in [0.1, 0.15) is 17.7 Å². The van der Waals surface area contributed by atoms with Crippen molar-refractivity contribution in [2.24, 2.45) is 0 Å². The lowest BCUT2D eigenvalue weighted by molar-refractivity contribution is -0.275. The van der Waals surface area contributed by atoms with Crippen LogP contribution in [-0.2, 0) is 14.9 Å². The molecule has 0 aromatic carbocycles. The monoisotopic (exact) mass is 359 g/mol. The molecule has 0 bridgehead atoms. The van der Waals surface area contributed by atoms with Gasteiger partial charge in [0.1, 0.15) is 5.75 Å². The van der Waals surface area contributed by atoms with Crippen LogP contribution in [0.25, 0.3) is 0 Å². The average Bonchev–Trinajstić information content (AvgIpc) is 2.23. The summed E-state index contributed by atoms with van der Waals surface area (Å²) in [5.74, 6) is -2.17. The number of hydrogen-bond acceptors (Lipinski definition) is 4. The Bertz CT molecular complexity index is 605. The number of pyridine rings is 1. The standard InChI is InChI=1S/C8H4Cl2F5NO3S/c9-2-3-6(7(11)12)4(19-8(13,14)15)1-5(16-3)20(10,17)18/h1,7H,2H2. The third-order valence-electron chi connectivity index (χ3n) is 1.90. The molecule has 1 heterocycles. The maximum atomic E-state index is 12.8. The van der Waals surface area contributed by atoms with Crippen molar-refractivity contribution >= 4 is 31.3 Å². The van der Waals surface area contributed by atoms with Crippen LogP contribution in [0.15, 0.2) is 11.1 Å². The molecule has 0 aliphatic heterocycles. The molecule has 0 N–H and O–H groups in total. The van der Waals surface area contributed by atoms with Gasteiger partial charge in [0.05, 0.1) is 17.1 Å². The zero-order chi connectivity index (χ0) is 15.7. The molecule has 114 valence electrons. The van der Waals surface area contributed by atoms with Gasteiger partial charge in [0.2, 0.25) is 0 Å². The van der Waals surface area contributed by atoms with E-state index in [4.69, 9.17) is 22.3 Å². The quantitative estimate of drug-likeness (QED) is 0.468. The molecule has 0 fully saturated rings. The summed E-state index contributed by atoms with van der Waals surface area (Å²) in [7, 11) is 0.359. The molecule has 0 radical (unpaired) electrons. The van der Waals surface area contributed by atoms with Gasteiger partial charge in [-0.3, -0.25) is 0 Å². The molecule has 20 heavy (non-hydrogen) atoms. The van der Waals surface area contributed by atoms with E-state index in [1.165, 1.54) is 0 Å². The van der Waals surface area contributed by atoms with E-state index < -0.39 is 49.8 Å². The van der Waals surface area contributed by atoms with Crippen molar-refractivity contribution in [2.75, 3.05) is 0 Å². The molecule has 0 atom stereocenters. The lowest BCUT2D eigenvalue weighted by Gasteiger charge is -2.15. The number of nitrogens with zero attached hydrogens (tertiary/aromatic N) is 1. The average molecular weight is 360 g/mol. The third kappa shape index (κ3) is 4.32. The molecule has 1 rings (SSSR count). The third-order valence-corrected chi connectivity index (χ3v) is 3.33. The van der Waals surface area contributed by atoms with Crippen LogP contribution in [0, 0.1) is 0 Å². The Hall–Kier alpha value is -0.870. The Morgan fingerprint density at radius 2 is 1.90 bits per heavy atom. The van der Waals surface area contributed by atoms with E-state index in [-0.39, 0.29) is 6.07 Å². The van der Waals surface area contributed by atoms with E-state index >= 15 is 0 Å². The van der Waals surface area contributed by atoms with Gasteiger partial charge in [-0.25, -0.2) is 22.2 Å². The fraction of sp³-hybridized carbons (Fsp3) is 0.375. The first-order chi connectivity index (χ1) is 8.95. The van der Waals surface area contributed by atoms with Crippen molar-refractivity contribution in [3.63, 3.8) is 0 Å². The first-order valence-corrected chi connectivity index (χ1v) is 7.38. The number of halogens is 7. The predicted octanol–water partition coefficient (Wildman–Crippen LogP) is 3.58. The van der Waals surface area contributed by atoms with Gasteiger partial charge in [-0.15, -0.1) is 24.8 Å². The van der Waals surface area contributed by atoms with Gasteiger partial charge in [0.15, 0.2) is 5.03 Å². The lowest BCUT2D eigenvalue weighted by Crippen LogP contribution is -2.19. The van der Waals surface area contributed by atoms with E-state index in [9.17, 15) is 30.4 Å². The summed E-state index contributed by atoms with van der Waals surface area (Å²) in [6, 6.07) is 0.160. The highest BCUT2D eigenvalue weighted by atomic mass is 35.7. The molecule has 0 aliphatic carbocycles. The fourth-order valence-corrected chi connectivity index (χ4v) is 2.13. The summed E-state index contributed by atoms with van der Waals surface area (Å²) in [6.07, 6.45) is -8.71. The van der Waals surface area contributed by atoms with Gasteiger partial charge in [0, 0.05) is 16.7 Å². The summed E-state index contributed by atoms with van der Waals surface area (Å²) in [5.41, 5.74) is -2.02.